The number of ether oxygens (including phenoxy) is 3. The van der Waals surface area contributed by atoms with Crippen LogP contribution in [0, 0.1) is 0 Å². The van der Waals surface area contributed by atoms with Crippen molar-refractivity contribution in [3.05, 3.63) is 35.5 Å². The molecule has 0 aliphatic carbocycles. The first-order valence-corrected chi connectivity index (χ1v) is 12.2. The molecule has 2 N–H and O–H groups in total. The maximum Gasteiger partial charge on any atom is 0.409 e. The van der Waals surface area contributed by atoms with Gasteiger partial charge in [-0.15, -0.1) is 0 Å². The van der Waals surface area contributed by atoms with Gasteiger partial charge in [-0.05, 0) is 39.8 Å². The normalized spacial score (nSPS) is 14.7. The van der Waals surface area contributed by atoms with E-state index in [0.717, 1.165) is 0 Å². The summed E-state index contributed by atoms with van der Waals surface area (Å²) in [6.45, 7) is 8.12. The molecule has 1 saturated heterocycles. The summed E-state index contributed by atoms with van der Waals surface area (Å²) in [5.74, 6) is -2.87. The Hall–Kier alpha value is -3.89. The molecule has 3 rings (SSSR count). The Labute approximate surface area is 215 Å². The second-order valence-corrected chi connectivity index (χ2v) is 9.64. The lowest BCUT2D eigenvalue weighted by molar-refractivity contribution is -0.157. The highest BCUT2D eigenvalue weighted by atomic mass is 16.6. The summed E-state index contributed by atoms with van der Waals surface area (Å²) < 4.78 is 16.1. The van der Waals surface area contributed by atoms with E-state index in [1.807, 2.05) is 0 Å². The average molecular weight is 515 g/mol. The third kappa shape index (κ3) is 6.46. The lowest BCUT2D eigenvalue weighted by atomic mass is 9.92. The topological polar surface area (TPSA) is 141 Å². The van der Waals surface area contributed by atoms with Crippen molar-refractivity contribution in [3.63, 3.8) is 0 Å². The van der Waals surface area contributed by atoms with E-state index in [0.29, 0.717) is 10.9 Å². The van der Waals surface area contributed by atoms with Crippen LogP contribution in [0.25, 0.3) is 10.9 Å². The van der Waals surface area contributed by atoms with Gasteiger partial charge in [0.2, 0.25) is 5.91 Å². The molecule has 2 heterocycles. The minimum Gasteiger partial charge on any atom is -0.495 e. The van der Waals surface area contributed by atoms with E-state index >= 15 is 0 Å². The van der Waals surface area contributed by atoms with Crippen molar-refractivity contribution in [1.29, 1.82) is 0 Å². The number of para-hydroxylation sites is 1. The van der Waals surface area contributed by atoms with E-state index in [2.05, 4.69) is 4.98 Å². The summed E-state index contributed by atoms with van der Waals surface area (Å²) in [6, 6.07) is 6.99. The number of methoxy groups -OCH3 is 1. The van der Waals surface area contributed by atoms with Gasteiger partial charge in [-0.2, -0.15) is 0 Å². The Bertz CT molecular complexity index is 1180. The van der Waals surface area contributed by atoms with Crippen molar-refractivity contribution >= 4 is 34.8 Å². The summed E-state index contributed by atoms with van der Waals surface area (Å²) in [5, 5.41) is 0.550. The van der Waals surface area contributed by atoms with Crippen LogP contribution in [0.3, 0.4) is 0 Å². The van der Waals surface area contributed by atoms with E-state index < -0.39 is 35.4 Å². The molecule has 1 atom stereocenters. The summed E-state index contributed by atoms with van der Waals surface area (Å²) in [5.41, 5.74) is 5.44. The molecule has 200 valence electrons. The van der Waals surface area contributed by atoms with Crippen LogP contribution in [0.5, 0.6) is 5.75 Å². The largest absolute Gasteiger partial charge is 0.495 e. The van der Waals surface area contributed by atoms with Gasteiger partial charge >= 0.3 is 12.1 Å². The number of aromatic nitrogens is 1. The number of hydrogen-bond donors (Lipinski definition) is 1. The zero-order chi connectivity index (χ0) is 27.3. The number of hydrogen-bond acceptors (Lipinski definition) is 8. The Balaban J connectivity index is 2.04. The number of nitrogens with two attached hydrogens (primary N) is 1. The van der Waals surface area contributed by atoms with Crippen LogP contribution in [0.2, 0.25) is 0 Å². The molecule has 1 aliphatic rings. The second-order valence-electron chi connectivity index (χ2n) is 9.64. The molecule has 0 radical (unpaired) electrons. The van der Waals surface area contributed by atoms with Crippen molar-refractivity contribution in [2.24, 2.45) is 5.73 Å². The highest BCUT2D eigenvalue weighted by Gasteiger charge is 2.37. The minimum absolute atomic E-state index is 0.0479. The van der Waals surface area contributed by atoms with Crippen LogP contribution < -0.4 is 10.5 Å². The van der Waals surface area contributed by atoms with Crippen LogP contribution >= 0.6 is 0 Å². The Kier molecular flexibility index (Phi) is 8.57. The molecular formula is C26H34N4O7. The van der Waals surface area contributed by atoms with Crippen LogP contribution in [-0.4, -0.2) is 84.2 Å². The monoisotopic (exact) mass is 514 g/mol. The first-order chi connectivity index (χ1) is 17.5. The highest BCUT2D eigenvalue weighted by Crippen LogP contribution is 2.36. The number of amides is 3. The number of fused-ring (bicyclic) bond motifs is 1. The zero-order valence-electron chi connectivity index (χ0n) is 21.9. The molecule has 1 unspecified atom stereocenters. The van der Waals surface area contributed by atoms with Gasteiger partial charge in [-0.25, -0.2) is 4.79 Å². The minimum atomic E-state index is -1.16. The molecule has 37 heavy (non-hydrogen) atoms. The molecule has 1 fully saturated rings. The smallest absolute Gasteiger partial charge is 0.409 e. The van der Waals surface area contributed by atoms with Gasteiger partial charge in [0.15, 0.2) is 0 Å². The Morgan fingerprint density at radius 2 is 1.68 bits per heavy atom. The molecule has 0 saturated carbocycles. The van der Waals surface area contributed by atoms with E-state index in [4.69, 9.17) is 19.9 Å². The molecule has 0 spiro atoms. The van der Waals surface area contributed by atoms with Crippen molar-refractivity contribution < 1.29 is 33.4 Å². The number of carbonyl (C=O) groups excluding carboxylic acids is 4. The quantitative estimate of drug-likeness (QED) is 0.556. The number of benzene rings is 1. The van der Waals surface area contributed by atoms with Crippen LogP contribution in [0.4, 0.5) is 4.79 Å². The molecule has 11 nitrogen and oxygen atoms in total. The number of nitrogens with zero attached hydrogens (tertiary/aromatic N) is 3. The number of esters is 1. The fourth-order valence-electron chi connectivity index (χ4n) is 4.30. The van der Waals surface area contributed by atoms with Gasteiger partial charge in [0.25, 0.3) is 5.91 Å². The SMILES string of the molecule is CCOC(=O)N1CCN(C(=O)C(CC(=O)OC(C)(C)C)c2nc3ccccc3c(OC)c2C(N)=O)CC1. The van der Waals surface area contributed by atoms with Crippen molar-refractivity contribution in [2.75, 3.05) is 39.9 Å². The average Bonchev–Trinajstić information content (AvgIpc) is 2.84. The van der Waals surface area contributed by atoms with Crippen LogP contribution in [-0.2, 0) is 19.1 Å². The number of piperazine rings is 1. The molecule has 1 aromatic carbocycles. The first-order valence-electron chi connectivity index (χ1n) is 12.2. The van der Waals surface area contributed by atoms with Gasteiger partial charge in [-0.1, -0.05) is 12.1 Å². The fraction of sp³-hybridized carbons (Fsp3) is 0.500. The standard InChI is InChI=1S/C26H34N4O7/c1-6-36-25(34)30-13-11-29(12-14-30)24(33)17(15-19(31)37-26(2,3)4)21-20(23(27)32)22(35-5)16-9-7-8-10-18(16)28-21/h7-10,17H,6,11-15H2,1-5H3,(H2,27,32). The van der Waals surface area contributed by atoms with Gasteiger partial charge in [0.1, 0.15) is 16.9 Å². The number of rotatable bonds is 7. The van der Waals surface area contributed by atoms with Crippen molar-refractivity contribution in [2.45, 2.75) is 45.6 Å². The maximum absolute atomic E-state index is 13.9. The lowest BCUT2D eigenvalue weighted by Gasteiger charge is -2.36. The van der Waals surface area contributed by atoms with E-state index in [-0.39, 0.29) is 56.2 Å². The second kappa shape index (κ2) is 11.4. The van der Waals surface area contributed by atoms with E-state index in [9.17, 15) is 19.2 Å². The summed E-state index contributed by atoms with van der Waals surface area (Å²) in [4.78, 5) is 59.2. The first kappa shape index (κ1) is 27.7. The highest BCUT2D eigenvalue weighted by molar-refractivity contribution is 6.05. The van der Waals surface area contributed by atoms with E-state index in [1.165, 1.54) is 12.0 Å². The molecule has 1 aromatic heterocycles. The Morgan fingerprint density at radius 3 is 2.24 bits per heavy atom. The van der Waals surface area contributed by atoms with Crippen LogP contribution in [0.15, 0.2) is 24.3 Å². The zero-order valence-corrected chi connectivity index (χ0v) is 21.9. The summed E-state index contributed by atoms with van der Waals surface area (Å²) in [7, 11) is 1.40. The number of carbonyl (C=O) groups is 4. The third-order valence-electron chi connectivity index (χ3n) is 5.86. The number of primary amides is 1. The predicted octanol–water partition coefficient (Wildman–Crippen LogP) is 2.46. The van der Waals surface area contributed by atoms with Gasteiger partial charge in [0, 0.05) is 31.6 Å². The van der Waals surface area contributed by atoms with Gasteiger partial charge in [-0.3, -0.25) is 19.4 Å². The maximum atomic E-state index is 13.9. The summed E-state index contributed by atoms with van der Waals surface area (Å²) >= 11 is 0. The number of pyridine rings is 1. The Morgan fingerprint density at radius 1 is 1.05 bits per heavy atom. The predicted molar refractivity (Wildman–Crippen MR) is 135 cm³/mol. The van der Waals surface area contributed by atoms with E-state index in [1.54, 1.807) is 56.9 Å². The molecule has 11 heteroatoms. The molecule has 0 bridgehead atoms. The molecule has 1 aliphatic heterocycles. The van der Waals surface area contributed by atoms with Crippen molar-refractivity contribution in [3.8, 4) is 5.75 Å². The van der Waals surface area contributed by atoms with Gasteiger partial charge in [0.05, 0.1) is 37.3 Å². The van der Waals surface area contributed by atoms with Gasteiger partial charge < -0.3 is 29.7 Å². The molecule has 2 aromatic rings. The third-order valence-corrected chi connectivity index (χ3v) is 5.86. The summed E-state index contributed by atoms with van der Waals surface area (Å²) in [6.07, 6.45) is -0.806. The van der Waals surface area contributed by atoms with Crippen LogP contribution in [0.1, 0.15) is 56.1 Å². The molecule has 3 amide bonds. The van der Waals surface area contributed by atoms with Crippen molar-refractivity contribution in [1.82, 2.24) is 14.8 Å². The molecular weight excluding hydrogens is 480 g/mol. The fourth-order valence-corrected chi connectivity index (χ4v) is 4.30. The lowest BCUT2D eigenvalue weighted by Crippen LogP contribution is -2.52.